The van der Waals surface area contributed by atoms with Crippen LogP contribution in [0.15, 0.2) is 5.38 Å². The van der Waals surface area contributed by atoms with Crippen molar-refractivity contribution in [1.82, 2.24) is 9.88 Å². The molecule has 1 fully saturated rings. The third-order valence-corrected chi connectivity index (χ3v) is 4.00. The molecule has 0 saturated carbocycles. The van der Waals surface area contributed by atoms with Crippen LogP contribution in [-0.2, 0) is 16.1 Å². The molecule has 0 radical (unpaired) electrons. The Morgan fingerprint density at radius 3 is 2.39 bits per heavy atom. The van der Waals surface area contributed by atoms with Gasteiger partial charge in [0.2, 0.25) is 16.8 Å². The SMILES string of the molecule is CC1C(=O)N(Cc2csc(C(=O)O)n2)C(=O)C1C. The molecular weight excluding hydrogens is 256 g/mol. The van der Waals surface area contributed by atoms with Gasteiger partial charge in [0, 0.05) is 17.2 Å². The number of carbonyl (C=O) groups is 3. The Hall–Kier alpha value is -1.76. The highest BCUT2D eigenvalue weighted by molar-refractivity contribution is 7.11. The van der Waals surface area contributed by atoms with Gasteiger partial charge >= 0.3 is 5.97 Å². The zero-order chi connectivity index (χ0) is 13.4. The van der Waals surface area contributed by atoms with Crippen molar-refractivity contribution in [3.8, 4) is 0 Å². The van der Waals surface area contributed by atoms with Crippen LogP contribution >= 0.6 is 11.3 Å². The van der Waals surface area contributed by atoms with Crippen molar-refractivity contribution in [1.29, 1.82) is 0 Å². The Bertz CT molecular complexity index is 505. The molecule has 0 aromatic carbocycles. The summed E-state index contributed by atoms with van der Waals surface area (Å²) in [5.74, 6) is -2.20. The number of carboxylic acids is 1. The Morgan fingerprint density at radius 2 is 1.94 bits per heavy atom. The summed E-state index contributed by atoms with van der Waals surface area (Å²) in [6, 6.07) is 0. The van der Waals surface area contributed by atoms with Crippen molar-refractivity contribution in [3.05, 3.63) is 16.1 Å². The van der Waals surface area contributed by atoms with E-state index in [2.05, 4.69) is 4.98 Å². The number of aromatic nitrogens is 1. The highest BCUT2D eigenvalue weighted by Crippen LogP contribution is 2.27. The minimum Gasteiger partial charge on any atom is -0.476 e. The van der Waals surface area contributed by atoms with Crippen LogP contribution in [-0.4, -0.2) is 32.8 Å². The normalized spacial score (nSPS) is 23.8. The molecule has 18 heavy (non-hydrogen) atoms. The second-order valence-corrected chi connectivity index (χ2v) is 5.15. The first kappa shape index (κ1) is 12.7. The number of rotatable bonds is 3. The zero-order valence-electron chi connectivity index (χ0n) is 9.91. The smallest absolute Gasteiger partial charge is 0.365 e. The van der Waals surface area contributed by atoms with Gasteiger partial charge in [-0.3, -0.25) is 14.5 Å². The minimum absolute atomic E-state index is 0.0369. The van der Waals surface area contributed by atoms with Gasteiger partial charge in [0.05, 0.1) is 12.2 Å². The van der Waals surface area contributed by atoms with Gasteiger partial charge in [-0.25, -0.2) is 9.78 Å². The predicted octanol–water partition coefficient (Wildman–Crippen LogP) is 0.982. The number of imide groups is 1. The zero-order valence-corrected chi connectivity index (χ0v) is 10.7. The lowest BCUT2D eigenvalue weighted by molar-refractivity contribution is -0.140. The van der Waals surface area contributed by atoms with Crippen LogP contribution in [0.25, 0.3) is 0 Å². The summed E-state index contributed by atoms with van der Waals surface area (Å²) in [6.45, 7) is 3.49. The van der Waals surface area contributed by atoms with E-state index >= 15 is 0 Å². The molecule has 1 aromatic heterocycles. The molecule has 2 heterocycles. The Kier molecular flexibility index (Phi) is 3.16. The number of hydrogen-bond donors (Lipinski definition) is 1. The first-order chi connectivity index (χ1) is 8.41. The minimum atomic E-state index is -1.10. The van der Waals surface area contributed by atoms with Gasteiger partial charge in [-0.15, -0.1) is 11.3 Å². The van der Waals surface area contributed by atoms with Crippen molar-refractivity contribution in [3.63, 3.8) is 0 Å². The fourth-order valence-corrected chi connectivity index (χ4v) is 2.47. The number of hydrogen-bond acceptors (Lipinski definition) is 5. The van der Waals surface area contributed by atoms with E-state index < -0.39 is 5.97 Å². The maximum absolute atomic E-state index is 11.8. The number of likely N-dealkylation sites (tertiary alicyclic amines) is 1. The standard InChI is InChI=1S/C11H12N2O4S/c1-5-6(2)10(15)13(9(5)14)3-7-4-18-8(12-7)11(16)17/h4-6H,3H2,1-2H3,(H,16,17). The highest BCUT2D eigenvalue weighted by atomic mass is 32.1. The van der Waals surface area contributed by atoms with Crippen LogP contribution < -0.4 is 0 Å². The van der Waals surface area contributed by atoms with Crippen LogP contribution in [0.2, 0.25) is 0 Å². The monoisotopic (exact) mass is 268 g/mol. The van der Waals surface area contributed by atoms with E-state index in [0.29, 0.717) is 5.69 Å². The maximum Gasteiger partial charge on any atom is 0.365 e. The molecule has 0 aliphatic carbocycles. The lowest BCUT2D eigenvalue weighted by atomic mass is 10.00. The third kappa shape index (κ3) is 2.01. The molecular formula is C11H12N2O4S. The molecule has 1 saturated heterocycles. The van der Waals surface area contributed by atoms with E-state index in [1.807, 2.05) is 0 Å². The van der Waals surface area contributed by atoms with E-state index in [9.17, 15) is 14.4 Å². The predicted molar refractivity (Wildman–Crippen MR) is 63.0 cm³/mol. The van der Waals surface area contributed by atoms with E-state index in [1.165, 1.54) is 0 Å². The van der Waals surface area contributed by atoms with Crippen LogP contribution in [0.5, 0.6) is 0 Å². The molecule has 96 valence electrons. The number of thiazole rings is 1. The molecule has 2 amide bonds. The summed E-state index contributed by atoms with van der Waals surface area (Å²) in [5, 5.41) is 10.3. The van der Waals surface area contributed by atoms with E-state index in [0.717, 1.165) is 16.2 Å². The number of carbonyl (C=O) groups excluding carboxylic acids is 2. The van der Waals surface area contributed by atoms with Gasteiger partial charge in [0.1, 0.15) is 0 Å². The van der Waals surface area contributed by atoms with E-state index in [1.54, 1.807) is 19.2 Å². The van der Waals surface area contributed by atoms with E-state index in [-0.39, 0.29) is 35.2 Å². The molecule has 1 aliphatic rings. The van der Waals surface area contributed by atoms with E-state index in [4.69, 9.17) is 5.11 Å². The summed E-state index contributed by atoms with van der Waals surface area (Å²) in [7, 11) is 0. The van der Waals surface area contributed by atoms with Crippen molar-refractivity contribution < 1.29 is 19.5 Å². The fourth-order valence-electron chi connectivity index (χ4n) is 1.82. The quantitative estimate of drug-likeness (QED) is 0.826. The molecule has 2 unspecified atom stereocenters. The molecule has 6 nitrogen and oxygen atoms in total. The maximum atomic E-state index is 11.8. The van der Waals surface area contributed by atoms with Crippen LogP contribution in [0.3, 0.4) is 0 Å². The van der Waals surface area contributed by atoms with Crippen molar-refractivity contribution >= 4 is 29.1 Å². The van der Waals surface area contributed by atoms with Gasteiger partial charge in [-0.05, 0) is 0 Å². The fraction of sp³-hybridized carbons (Fsp3) is 0.455. The summed E-state index contributed by atoms with van der Waals surface area (Å²) in [5.41, 5.74) is 0.431. The first-order valence-corrected chi connectivity index (χ1v) is 6.32. The second-order valence-electron chi connectivity index (χ2n) is 4.29. The topological polar surface area (TPSA) is 87.6 Å². The third-order valence-electron chi connectivity index (χ3n) is 3.12. The largest absolute Gasteiger partial charge is 0.476 e. The van der Waals surface area contributed by atoms with Crippen LogP contribution in [0.4, 0.5) is 0 Å². The Morgan fingerprint density at radius 1 is 1.39 bits per heavy atom. The van der Waals surface area contributed by atoms with Crippen LogP contribution in [0, 0.1) is 11.8 Å². The highest BCUT2D eigenvalue weighted by Gasteiger charge is 2.42. The molecule has 2 atom stereocenters. The lowest BCUT2D eigenvalue weighted by Crippen LogP contribution is -2.30. The second kappa shape index (κ2) is 4.49. The number of amides is 2. The Balaban J connectivity index is 2.16. The summed E-state index contributed by atoms with van der Waals surface area (Å²) in [4.78, 5) is 39.4. The van der Waals surface area contributed by atoms with Crippen LogP contribution in [0.1, 0.15) is 29.3 Å². The summed E-state index contributed by atoms with van der Waals surface area (Å²) >= 11 is 0.985. The number of aromatic carboxylic acids is 1. The molecule has 0 bridgehead atoms. The van der Waals surface area contributed by atoms with Gasteiger partial charge in [0.25, 0.3) is 0 Å². The van der Waals surface area contributed by atoms with Crippen molar-refractivity contribution in [2.45, 2.75) is 20.4 Å². The molecule has 1 aliphatic heterocycles. The Labute approximate surface area is 107 Å². The number of nitrogens with zero attached hydrogens (tertiary/aromatic N) is 2. The molecule has 0 spiro atoms. The molecule has 1 aromatic rings. The summed E-state index contributed by atoms with van der Waals surface area (Å²) in [6.07, 6.45) is 0. The average Bonchev–Trinajstić information content (AvgIpc) is 2.86. The molecule has 1 N–H and O–H groups in total. The van der Waals surface area contributed by atoms with Gasteiger partial charge in [-0.2, -0.15) is 0 Å². The molecule has 7 heteroatoms. The van der Waals surface area contributed by atoms with Crippen molar-refractivity contribution in [2.75, 3.05) is 0 Å². The average molecular weight is 268 g/mol. The number of carboxylic acid groups (broad SMARTS) is 1. The van der Waals surface area contributed by atoms with Gasteiger partial charge in [0.15, 0.2) is 0 Å². The summed E-state index contributed by atoms with van der Waals surface area (Å²) < 4.78 is 0. The first-order valence-electron chi connectivity index (χ1n) is 5.44. The lowest BCUT2D eigenvalue weighted by Gasteiger charge is -2.12. The van der Waals surface area contributed by atoms with Crippen molar-refractivity contribution in [2.24, 2.45) is 11.8 Å². The van der Waals surface area contributed by atoms with Gasteiger partial charge in [-0.1, -0.05) is 13.8 Å². The molecule has 2 rings (SSSR count). The van der Waals surface area contributed by atoms with Gasteiger partial charge < -0.3 is 5.11 Å².